The van der Waals surface area contributed by atoms with Crippen molar-refractivity contribution < 1.29 is 4.74 Å². The Hall–Kier alpha value is -1.16. The van der Waals surface area contributed by atoms with Gasteiger partial charge in [0, 0.05) is 13.5 Å². The second kappa shape index (κ2) is 6.14. The normalized spacial score (nSPS) is 10.6. The molecule has 94 valence electrons. The molecular formula is C13H12Cl2N2O. The predicted octanol–water partition coefficient (Wildman–Crippen LogP) is 3.64. The van der Waals surface area contributed by atoms with E-state index in [1.807, 2.05) is 30.3 Å². The van der Waals surface area contributed by atoms with Gasteiger partial charge >= 0.3 is 0 Å². The van der Waals surface area contributed by atoms with Gasteiger partial charge in [0.1, 0.15) is 16.1 Å². The Kier molecular flexibility index (Phi) is 4.53. The molecule has 0 unspecified atom stereocenters. The van der Waals surface area contributed by atoms with Gasteiger partial charge in [0.05, 0.1) is 12.2 Å². The molecule has 0 saturated heterocycles. The van der Waals surface area contributed by atoms with Crippen LogP contribution in [0.4, 0.5) is 0 Å². The van der Waals surface area contributed by atoms with Crippen molar-refractivity contribution in [3.8, 4) is 11.1 Å². The van der Waals surface area contributed by atoms with Crippen LogP contribution in [0.3, 0.4) is 0 Å². The summed E-state index contributed by atoms with van der Waals surface area (Å²) in [7, 11) is 1.63. The number of aromatic nitrogens is 2. The molecule has 2 rings (SSSR count). The van der Waals surface area contributed by atoms with Crippen LogP contribution in [0.5, 0.6) is 0 Å². The van der Waals surface area contributed by atoms with Crippen LogP contribution < -0.4 is 0 Å². The zero-order chi connectivity index (χ0) is 13.0. The first kappa shape index (κ1) is 13.3. The van der Waals surface area contributed by atoms with Crippen molar-refractivity contribution >= 4 is 23.2 Å². The summed E-state index contributed by atoms with van der Waals surface area (Å²) in [6, 6.07) is 9.61. The summed E-state index contributed by atoms with van der Waals surface area (Å²) >= 11 is 12.3. The Morgan fingerprint density at radius 3 is 2.22 bits per heavy atom. The van der Waals surface area contributed by atoms with Gasteiger partial charge in [0.25, 0.3) is 0 Å². The Bertz CT molecular complexity index is 509. The van der Waals surface area contributed by atoms with Crippen LogP contribution in [0.2, 0.25) is 10.3 Å². The van der Waals surface area contributed by atoms with Crippen molar-refractivity contribution in [1.82, 2.24) is 9.97 Å². The largest absolute Gasteiger partial charge is 0.384 e. The smallest absolute Gasteiger partial charge is 0.142 e. The monoisotopic (exact) mass is 282 g/mol. The number of methoxy groups -OCH3 is 1. The topological polar surface area (TPSA) is 35.0 Å². The zero-order valence-corrected chi connectivity index (χ0v) is 11.4. The maximum Gasteiger partial charge on any atom is 0.142 e. The first-order valence-corrected chi connectivity index (χ1v) is 6.24. The molecule has 0 N–H and O–H groups in total. The van der Waals surface area contributed by atoms with Gasteiger partial charge in [0.2, 0.25) is 0 Å². The number of nitrogens with zero attached hydrogens (tertiary/aromatic N) is 2. The molecule has 1 aromatic carbocycles. The van der Waals surface area contributed by atoms with Crippen molar-refractivity contribution in [1.29, 1.82) is 0 Å². The molecule has 1 heterocycles. The molecule has 3 nitrogen and oxygen atoms in total. The third kappa shape index (κ3) is 2.99. The molecule has 0 radical (unpaired) electrons. The summed E-state index contributed by atoms with van der Waals surface area (Å²) in [6.45, 7) is 0.539. The molecule has 18 heavy (non-hydrogen) atoms. The standard InChI is InChI=1S/C13H12Cl2N2O/c1-18-8-7-10-16-12(14)11(13(15)17-10)9-5-3-2-4-6-9/h2-6H,7-8H2,1H3. The minimum Gasteiger partial charge on any atom is -0.384 e. The fourth-order valence-electron chi connectivity index (χ4n) is 1.60. The molecule has 0 bridgehead atoms. The first-order valence-electron chi connectivity index (χ1n) is 5.48. The van der Waals surface area contributed by atoms with Crippen LogP contribution in [-0.4, -0.2) is 23.7 Å². The van der Waals surface area contributed by atoms with Crippen molar-refractivity contribution in [3.05, 3.63) is 46.5 Å². The molecule has 0 aliphatic rings. The molecule has 2 aromatic rings. The van der Waals surface area contributed by atoms with E-state index in [0.717, 1.165) is 5.56 Å². The number of hydrogen-bond donors (Lipinski definition) is 0. The van der Waals surface area contributed by atoms with Crippen molar-refractivity contribution in [3.63, 3.8) is 0 Å². The Balaban J connectivity index is 2.38. The summed E-state index contributed by atoms with van der Waals surface area (Å²) < 4.78 is 4.97. The highest BCUT2D eigenvalue weighted by molar-refractivity contribution is 6.37. The van der Waals surface area contributed by atoms with Gasteiger partial charge < -0.3 is 4.74 Å². The molecule has 5 heteroatoms. The lowest BCUT2D eigenvalue weighted by atomic mass is 10.1. The molecule has 0 fully saturated rings. The van der Waals surface area contributed by atoms with Gasteiger partial charge in [0.15, 0.2) is 0 Å². The highest BCUT2D eigenvalue weighted by Gasteiger charge is 2.13. The number of ether oxygens (including phenoxy) is 1. The van der Waals surface area contributed by atoms with E-state index in [0.29, 0.717) is 34.7 Å². The van der Waals surface area contributed by atoms with Gasteiger partial charge in [-0.3, -0.25) is 0 Å². The van der Waals surface area contributed by atoms with E-state index in [-0.39, 0.29) is 0 Å². The lowest BCUT2D eigenvalue weighted by molar-refractivity contribution is 0.200. The number of rotatable bonds is 4. The lowest BCUT2D eigenvalue weighted by Crippen LogP contribution is -2.02. The molecule has 0 amide bonds. The summed E-state index contributed by atoms with van der Waals surface area (Å²) in [5, 5.41) is 0.736. The van der Waals surface area contributed by atoms with E-state index < -0.39 is 0 Å². The van der Waals surface area contributed by atoms with Crippen molar-refractivity contribution in [2.45, 2.75) is 6.42 Å². The Morgan fingerprint density at radius 1 is 1.06 bits per heavy atom. The molecule has 0 saturated carbocycles. The highest BCUT2D eigenvalue weighted by Crippen LogP contribution is 2.32. The van der Waals surface area contributed by atoms with E-state index >= 15 is 0 Å². The Morgan fingerprint density at radius 2 is 1.67 bits per heavy atom. The van der Waals surface area contributed by atoms with Gasteiger partial charge in [-0.05, 0) is 5.56 Å². The minimum absolute atomic E-state index is 0.368. The average molecular weight is 283 g/mol. The van der Waals surface area contributed by atoms with Crippen LogP contribution in [0.25, 0.3) is 11.1 Å². The maximum atomic E-state index is 6.17. The predicted molar refractivity (Wildman–Crippen MR) is 73.1 cm³/mol. The summed E-state index contributed by atoms with van der Waals surface area (Å²) in [4.78, 5) is 8.48. The van der Waals surface area contributed by atoms with Crippen LogP contribution in [0, 0.1) is 0 Å². The number of halogens is 2. The van der Waals surface area contributed by atoms with Crippen LogP contribution >= 0.6 is 23.2 Å². The van der Waals surface area contributed by atoms with Crippen LogP contribution in [0.15, 0.2) is 30.3 Å². The second-order valence-electron chi connectivity index (χ2n) is 3.71. The third-order valence-electron chi connectivity index (χ3n) is 2.46. The molecular weight excluding hydrogens is 271 g/mol. The molecule has 0 aliphatic carbocycles. The van der Waals surface area contributed by atoms with Gasteiger partial charge in [-0.1, -0.05) is 53.5 Å². The molecule has 0 spiro atoms. The lowest BCUT2D eigenvalue weighted by Gasteiger charge is -2.08. The van der Waals surface area contributed by atoms with Gasteiger partial charge in [-0.15, -0.1) is 0 Å². The van der Waals surface area contributed by atoms with E-state index in [1.54, 1.807) is 7.11 Å². The second-order valence-corrected chi connectivity index (χ2v) is 4.42. The van der Waals surface area contributed by atoms with E-state index in [1.165, 1.54) is 0 Å². The number of hydrogen-bond acceptors (Lipinski definition) is 3. The zero-order valence-electron chi connectivity index (χ0n) is 9.86. The van der Waals surface area contributed by atoms with E-state index in [9.17, 15) is 0 Å². The van der Waals surface area contributed by atoms with Gasteiger partial charge in [-0.25, -0.2) is 9.97 Å². The molecule has 1 aromatic heterocycles. The minimum atomic E-state index is 0.368. The summed E-state index contributed by atoms with van der Waals surface area (Å²) in [5.41, 5.74) is 1.57. The SMILES string of the molecule is COCCc1nc(Cl)c(-c2ccccc2)c(Cl)n1. The fourth-order valence-corrected chi connectivity index (χ4v) is 2.24. The van der Waals surface area contributed by atoms with E-state index in [4.69, 9.17) is 27.9 Å². The molecule has 0 atom stereocenters. The van der Waals surface area contributed by atoms with E-state index in [2.05, 4.69) is 9.97 Å². The van der Waals surface area contributed by atoms with Gasteiger partial charge in [-0.2, -0.15) is 0 Å². The number of benzene rings is 1. The fraction of sp³-hybridized carbons (Fsp3) is 0.231. The maximum absolute atomic E-state index is 6.17. The Labute approximate surface area is 116 Å². The highest BCUT2D eigenvalue weighted by atomic mass is 35.5. The van der Waals surface area contributed by atoms with Crippen LogP contribution in [0.1, 0.15) is 5.82 Å². The first-order chi connectivity index (χ1) is 8.72. The van der Waals surface area contributed by atoms with Crippen molar-refractivity contribution in [2.75, 3.05) is 13.7 Å². The van der Waals surface area contributed by atoms with Crippen molar-refractivity contribution in [2.24, 2.45) is 0 Å². The average Bonchev–Trinajstić information content (AvgIpc) is 2.37. The summed E-state index contributed by atoms with van der Waals surface area (Å²) in [5.74, 6) is 0.589. The molecule has 0 aliphatic heterocycles. The quantitative estimate of drug-likeness (QED) is 0.803. The third-order valence-corrected chi connectivity index (χ3v) is 3.01. The summed E-state index contributed by atoms with van der Waals surface area (Å²) in [6.07, 6.45) is 0.588. The van der Waals surface area contributed by atoms with Crippen LogP contribution in [-0.2, 0) is 11.2 Å².